The predicted octanol–water partition coefficient (Wildman–Crippen LogP) is 7.13. The largest absolute Gasteiger partial charge is 0.494 e. The van der Waals surface area contributed by atoms with Gasteiger partial charge in [-0.05, 0) is 60.7 Å². The van der Waals surface area contributed by atoms with E-state index < -0.39 is 29.2 Å². The van der Waals surface area contributed by atoms with Gasteiger partial charge in [0.1, 0.15) is 5.76 Å². The van der Waals surface area contributed by atoms with Gasteiger partial charge in [-0.15, -0.1) is 0 Å². The van der Waals surface area contributed by atoms with E-state index in [9.17, 15) is 27.9 Å². The normalized spacial score (nSPS) is 16.4. The lowest BCUT2D eigenvalue weighted by molar-refractivity contribution is -0.153. The Morgan fingerprint density at radius 1 is 1.00 bits per heavy atom. The van der Waals surface area contributed by atoms with Crippen LogP contribution in [0, 0.1) is 0 Å². The van der Waals surface area contributed by atoms with E-state index in [1.165, 1.54) is 18.1 Å². The number of amides is 1. The third kappa shape index (κ3) is 6.45. The summed E-state index contributed by atoms with van der Waals surface area (Å²) in [4.78, 5) is 27.5. The molecule has 1 atom stereocenters. The number of methoxy groups -OCH3 is 1. The quantitative estimate of drug-likeness (QED) is 0.265. The Labute approximate surface area is 259 Å². The number of carbonyl (C=O) groups excluding carboxylic acids is 1. The van der Waals surface area contributed by atoms with Crippen molar-refractivity contribution in [1.29, 1.82) is 0 Å². The fraction of sp³-hybridized carbons (Fsp3) is 0.257. The number of hydrogen-bond donors (Lipinski definition) is 2. The molecule has 45 heavy (non-hydrogen) atoms. The summed E-state index contributed by atoms with van der Waals surface area (Å²) in [6.45, 7) is 4.94. The van der Waals surface area contributed by atoms with E-state index in [-0.39, 0.29) is 24.9 Å². The average molecular weight is 619 g/mol. The number of ether oxygens (including phenoxy) is 1. The second-order valence-corrected chi connectivity index (χ2v) is 11.5. The minimum Gasteiger partial charge on any atom is -0.494 e. The van der Waals surface area contributed by atoms with E-state index in [1.807, 2.05) is 60.7 Å². The molecule has 0 bridgehead atoms. The van der Waals surface area contributed by atoms with E-state index in [0.29, 0.717) is 28.2 Å². The van der Waals surface area contributed by atoms with Crippen LogP contribution < -0.4 is 5.32 Å². The van der Waals surface area contributed by atoms with Crippen LogP contribution in [0.3, 0.4) is 0 Å². The molecule has 1 aliphatic heterocycles. The monoisotopic (exact) mass is 618 g/mol. The molecule has 2 N–H and O–H groups in total. The highest BCUT2D eigenvalue weighted by Crippen LogP contribution is 2.34. The number of carboxylic acid groups (broad SMARTS) is 1. The molecule has 234 valence electrons. The van der Waals surface area contributed by atoms with Crippen LogP contribution in [0.5, 0.6) is 0 Å². The van der Waals surface area contributed by atoms with Crippen LogP contribution in [-0.4, -0.2) is 35.0 Å². The zero-order chi connectivity index (χ0) is 32.5. The number of furan rings is 1. The summed E-state index contributed by atoms with van der Waals surface area (Å²) in [5.41, 5.74) is 3.63. The van der Waals surface area contributed by atoms with Crippen LogP contribution in [0.1, 0.15) is 43.4 Å². The number of nitrogens with one attached hydrogen (secondary N) is 1. The van der Waals surface area contributed by atoms with Gasteiger partial charge in [-0.2, -0.15) is 13.2 Å². The number of fused-ring (bicyclic) bond motifs is 1. The smallest absolute Gasteiger partial charge is 0.449 e. The SMILES string of the molecule is COC1=C(C)NC2C=CC=CC2=C1C(=O)N(Cc1ccc(-c2cccc(C(C)(C)C(=O)O)c2)cc1)Cc1ccc(C(F)(F)F)o1. The Balaban J connectivity index is 1.49. The van der Waals surface area contributed by atoms with Gasteiger partial charge in [0, 0.05) is 6.54 Å². The summed E-state index contributed by atoms with van der Waals surface area (Å²) < 4.78 is 50.7. The number of allylic oxidation sites excluding steroid dienone is 3. The van der Waals surface area contributed by atoms with Gasteiger partial charge in [0.15, 0.2) is 5.76 Å². The van der Waals surface area contributed by atoms with Crippen molar-refractivity contribution in [2.75, 3.05) is 7.11 Å². The van der Waals surface area contributed by atoms with E-state index in [2.05, 4.69) is 5.32 Å². The van der Waals surface area contributed by atoms with Crippen LogP contribution in [0.4, 0.5) is 13.2 Å². The van der Waals surface area contributed by atoms with E-state index in [4.69, 9.17) is 9.15 Å². The Morgan fingerprint density at radius 2 is 1.73 bits per heavy atom. The summed E-state index contributed by atoms with van der Waals surface area (Å²) in [5.74, 6) is -2.16. The lowest BCUT2D eigenvalue weighted by Crippen LogP contribution is -2.40. The second kappa shape index (κ2) is 12.2. The lowest BCUT2D eigenvalue weighted by atomic mass is 9.83. The van der Waals surface area contributed by atoms with Gasteiger partial charge in [0.2, 0.25) is 5.76 Å². The molecule has 0 saturated heterocycles. The molecule has 7 nitrogen and oxygen atoms in total. The van der Waals surface area contributed by atoms with Crippen LogP contribution in [0.2, 0.25) is 0 Å². The summed E-state index contributed by atoms with van der Waals surface area (Å²) in [7, 11) is 1.47. The molecule has 3 aromatic rings. The van der Waals surface area contributed by atoms with Gasteiger partial charge < -0.3 is 24.5 Å². The third-order valence-electron chi connectivity index (χ3n) is 8.03. The highest BCUT2D eigenvalue weighted by molar-refractivity contribution is 5.99. The second-order valence-electron chi connectivity index (χ2n) is 11.5. The summed E-state index contributed by atoms with van der Waals surface area (Å²) in [5, 5.41) is 13.0. The van der Waals surface area contributed by atoms with Crippen molar-refractivity contribution in [3.63, 3.8) is 0 Å². The van der Waals surface area contributed by atoms with Crippen molar-refractivity contribution in [3.05, 3.63) is 130 Å². The van der Waals surface area contributed by atoms with Crippen LogP contribution in [0.25, 0.3) is 11.1 Å². The van der Waals surface area contributed by atoms with E-state index in [0.717, 1.165) is 22.8 Å². The first-order valence-electron chi connectivity index (χ1n) is 14.3. The van der Waals surface area contributed by atoms with E-state index in [1.54, 1.807) is 32.9 Å². The van der Waals surface area contributed by atoms with Crippen molar-refractivity contribution < 1.29 is 37.0 Å². The Hall–Kier alpha value is -4.99. The fourth-order valence-corrected chi connectivity index (χ4v) is 5.39. The zero-order valence-corrected chi connectivity index (χ0v) is 25.2. The van der Waals surface area contributed by atoms with Crippen molar-refractivity contribution in [3.8, 4) is 11.1 Å². The van der Waals surface area contributed by atoms with Crippen molar-refractivity contribution >= 4 is 11.9 Å². The first-order valence-corrected chi connectivity index (χ1v) is 14.3. The molecular weight excluding hydrogens is 585 g/mol. The number of carbonyl (C=O) groups is 2. The fourth-order valence-electron chi connectivity index (χ4n) is 5.39. The Morgan fingerprint density at radius 3 is 2.38 bits per heavy atom. The lowest BCUT2D eigenvalue weighted by Gasteiger charge is -2.32. The molecule has 5 rings (SSSR count). The minimum atomic E-state index is -4.66. The molecule has 1 aliphatic carbocycles. The van der Waals surface area contributed by atoms with Gasteiger partial charge in [-0.3, -0.25) is 9.59 Å². The van der Waals surface area contributed by atoms with Gasteiger partial charge in [-0.25, -0.2) is 0 Å². The molecule has 2 aliphatic rings. The van der Waals surface area contributed by atoms with Gasteiger partial charge in [0.05, 0.1) is 36.4 Å². The number of hydrogen-bond acceptors (Lipinski definition) is 5. The first-order chi connectivity index (χ1) is 21.3. The predicted molar refractivity (Wildman–Crippen MR) is 162 cm³/mol. The molecule has 0 spiro atoms. The topological polar surface area (TPSA) is 92.0 Å². The molecule has 0 radical (unpaired) electrons. The van der Waals surface area contributed by atoms with Crippen molar-refractivity contribution in [2.24, 2.45) is 0 Å². The Bertz CT molecular complexity index is 1740. The number of rotatable bonds is 9. The molecule has 0 fully saturated rings. The van der Waals surface area contributed by atoms with Crippen LogP contribution >= 0.6 is 0 Å². The summed E-state index contributed by atoms with van der Waals surface area (Å²) in [6.07, 6.45) is 2.75. The average Bonchev–Trinajstić information content (AvgIpc) is 3.49. The van der Waals surface area contributed by atoms with Gasteiger partial charge >= 0.3 is 12.1 Å². The number of halogens is 3. The molecule has 0 saturated carbocycles. The molecule has 1 unspecified atom stereocenters. The third-order valence-corrected chi connectivity index (χ3v) is 8.03. The minimum absolute atomic E-state index is 0.0139. The maximum Gasteiger partial charge on any atom is 0.449 e. The molecule has 1 amide bonds. The molecule has 1 aromatic heterocycles. The number of benzene rings is 2. The Kier molecular flexibility index (Phi) is 8.51. The maximum absolute atomic E-state index is 14.3. The number of alkyl halides is 3. The highest BCUT2D eigenvalue weighted by atomic mass is 19.4. The molecule has 10 heteroatoms. The van der Waals surface area contributed by atoms with Gasteiger partial charge in [-0.1, -0.05) is 72.8 Å². The number of carboxylic acids is 1. The van der Waals surface area contributed by atoms with Crippen molar-refractivity contribution in [2.45, 2.75) is 51.5 Å². The number of aliphatic carboxylic acids is 1. The summed E-state index contributed by atoms with van der Waals surface area (Å²) in [6, 6.07) is 16.5. The van der Waals surface area contributed by atoms with Gasteiger partial charge in [0.25, 0.3) is 5.91 Å². The van der Waals surface area contributed by atoms with Crippen LogP contribution in [0.15, 0.2) is 112 Å². The standard InChI is InChI=1S/C35H33F3N2O5/c1-21-31(44-4)30(27-10-5-6-11-28(27)39-21)32(41)40(20-26-16-17-29(45-26)35(36,37)38)19-22-12-14-23(15-13-22)24-8-7-9-25(18-24)34(2,3)33(42)43/h5-18,28,39H,19-20H2,1-4H3,(H,42,43). The summed E-state index contributed by atoms with van der Waals surface area (Å²) >= 11 is 0. The highest BCUT2D eigenvalue weighted by Gasteiger charge is 2.36. The first kappa shape index (κ1) is 31.4. The molecular formula is C35H33F3N2O5. The number of nitrogens with zero attached hydrogens (tertiary/aromatic N) is 1. The van der Waals surface area contributed by atoms with Crippen LogP contribution in [-0.2, 0) is 39.0 Å². The van der Waals surface area contributed by atoms with E-state index >= 15 is 0 Å². The van der Waals surface area contributed by atoms with Crippen molar-refractivity contribution in [1.82, 2.24) is 10.2 Å². The molecule has 2 aromatic carbocycles. The molecule has 2 heterocycles. The number of dihydropyridines is 1. The maximum atomic E-state index is 14.3. The zero-order valence-electron chi connectivity index (χ0n) is 25.2.